The van der Waals surface area contributed by atoms with E-state index in [0.717, 1.165) is 5.56 Å². The summed E-state index contributed by atoms with van der Waals surface area (Å²) < 4.78 is 18.6. The van der Waals surface area contributed by atoms with Gasteiger partial charge in [-0.2, -0.15) is 0 Å². The summed E-state index contributed by atoms with van der Waals surface area (Å²) in [5, 5.41) is 0. The quantitative estimate of drug-likeness (QED) is 0.749. The summed E-state index contributed by atoms with van der Waals surface area (Å²) in [6.45, 7) is 8.21. The van der Waals surface area contributed by atoms with Crippen molar-refractivity contribution in [3.63, 3.8) is 0 Å². The van der Waals surface area contributed by atoms with E-state index in [1.807, 2.05) is 13.8 Å². The largest absolute Gasteiger partial charge is 0.475 e. The number of rotatable bonds is 2. The van der Waals surface area contributed by atoms with Crippen LogP contribution in [0.4, 0.5) is 4.39 Å². The Labute approximate surface area is 94.5 Å². The van der Waals surface area contributed by atoms with Crippen LogP contribution in [0, 0.1) is 5.82 Å². The molecule has 0 aliphatic carbocycles. The Morgan fingerprint density at radius 3 is 2.81 bits per heavy atom. The molecule has 3 heteroatoms. The molecule has 16 heavy (non-hydrogen) atoms. The molecule has 1 aromatic carbocycles. The lowest BCUT2D eigenvalue weighted by Crippen LogP contribution is -2.17. The zero-order valence-electron chi connectivity index (χ0n) is 9.46. The van der Waals surface area contributed by atoms with Gasteiger partial charge in [0.25, 0.3) is 0 Å². The molecule has 2 nitrogen and oxygen atoms in total. The van der Waals surface area contributed by atoms with Gasteiger partial charge in [-0.15, -0.1) is 0 Å². The maximum atomic E-state index is 13.0. The lowest BCUT2D eigenvalue weighted by atomic mass is 10.1. The molecule has 0 saturated heterocycles. The van der Waals surface area contributed by atoms with Crippen LogP contribution < -0.4 is 0 Å². The predicted molar refractivity (Wildman–Crippen MR) is 63.1 cm³/mol. The van der Waals surface area contributed by atoms with Gasteiger partial charge in [0.05, 0.1) is 5.54 Å². The van der Waals surface area contributed by atoms with Crippen LogP contribution in [0.3, 0.4) is 0 Å². The van der Waals surface area contributed by atoms with Crippen LogP contribution in [0.1, 0.15) is 25.0 Å². The standard InChI is InChI=1S/C13H14FNO/c1-4-9-7-10(14)5-6-11(9)12-15-13(2,3)8-16-12/h4-7H,1,8H2,2-3H3. The number of benzene rings is 1. The van der Waals surface area contributed by atoms with Gasteiger partial charge in [-0.25, -0.2) is 9.38 Å². The molecule has 0 bridgehead atoms. The molecule has 0 saturated carbocycles. The second-order valence-electron chi connectivity index (χ2n) is 4.45. The highest BCUT2D eigenvalue weighted by Crippen LogP contribution is 2.23. The Kier molecular flexibility index (Phi) is 2.54. The van der Waals surface area contributed by atoms with Crippen LogP contribution in [0.25, 0.3) is 6.08 Å². The highest BCUT2D eigenvalue weighted by molar-refractivity contribution is 5.98. The summed E-state index contributed by atoms with van der Waals surface area (Å²) in [7, 11) is 0. The number of ether oxygens (including phenoxy) is 1. The summed E-state index contributed by atoms with van der Waals surface area (Å²) in [5.41, 5.74) is 1.29. The Hall–Kier alpha value is -1.64. The Morgan fingerprint density at radius 1 is 1.50 bits per heavy atom. The summed E-state index contributed by atoms with van der Waals surface area (Å²) >= 11 is 0. The van der Waals surface area contributed by atoms with Gasteiger partial charge in [-0.3, -0.25) is 0 Å². The van der Waals surface area contributed by atoms with Crippen molar-refractivity contribution in [1.82, 2.24) is 0 Å². The van der Waals surface area contributed by atoms with Gasteiger partial charge in [-0.1, -0.05) is 12.7 Å². The first-order valence-corrected chi connectivity index (χ1v) is 5.17. The number of hydrogen-bond acceptors (Lipinski definition) is 2. The Bertz CT molecular complexity index is 463. The fourth-order valence-electron chi connectivity index (χ4n) is 1.62. The first-order valence-electron chi connectivity index (χ1n) is 5.17. The Morgan fingerprint density at radius 2 is 2.25 bits per heavy atom. The molecule has 0 radical (unpaired) electrons. The van der Waals surface area contributed by atoms with Crippen LogP contribution >= 0.6 is 0 Å². The van der Waals surface area contributed by atoms with Crippen molar-refractivity contribution in [3.05, 3.63) is 41.7 Å². The average Bonchev–Trinajstić information content (AvgIpc) is 2.58. The van der Waals surface area contributed by atoms with Crippen LogP contribution in [0.15, 0.2) is 29.8 Å². The van der Waals surface area contributed by atoms with Crippen LogP contribution in [0.2, 0.25) is 0 Å². The van der Waals surface area contributed by atoms with Gasteiger partial charge in [0.15, 0.2) is 0 Å². The van der Waals surface area contributed by atoms with Crippen molar-refractivity contribution in [3.8, 4) is 0 Å². The molecule has 0 N–H and O–H groups in total. The van der Waals surface area contributed by atoms with E-state index in [-0.39, 0.29) is 11.4 Å². The predicted octanol–water partition coefficient (Wildman–Crippen LogP) is 3.02. The van der Waals surface area contributed by atoms with Crippen LogP contribution in [-0.4, -0.2) is 18.0 Å². The fraction of sp³-hybridized carbons (Fsp3) is 0.308. The maximum absolute atomic E-state index is 13.0. The summed E-state index contributed by atoms with van der Waals surface area (Å²) in [6.07, 6.45) is 1.61. The minimum absolute atomic E-state index is 0.206. The molecular weight excluding hydrogens is 205 g/mol. The minimum Gasteiger partial charge on any atom is -0.475 e. The van der Waals surface area contributed by atoms with E-state index in [9.17, 15) is 4.39 Å². The number of nitrogens with zero attached hydrogens (tertiary/aromatic N) is 1. The molecule has 1 heterocycles. The van der Waals surface area contributed by atoms with Crippen molar-refractivity contribution >= 4 is 12.0 Å². The number of hydrogen-bond donors (Lipinski definition) is 0. The molecule has 1 aliphatic heterocycles. The van der Waals surface area contributed by atoms with Gasteiger partial charge in [0, 0.05) is 5.56 Å². The molecule has 0 aromatic heterocycles. The second kappa shape index (κ2) is 3.74. The third-order valence-corrected chi connectivity index (χ3v) is 2.43. The molecule has 2 rings (SSSR count). The minimum atomic E-state index is -0.281. The topological polar surface area (TPSA) is 21.6 Å². The second-order valence-corrected chi connectivity index (χ2v) is 4.45. The maximum Gasteiger partial charge on any atom is 0.217 e. The number of aliphatic imine (C=N–C) groups is 1. The molecule has 84 valence electrons. The molecule has 1 aromatic rings. The third kappa shape index (κ3) is 1.98. The van der Waals surface area contributed by atoms with Crippen LogP contribution in [0.5, 0.6) is 0 Å². The van der Waals surface area contributed by atoms with Crippen molar-refractivity contribution < 1.29 is 9.13 Å². The smallest absolute Gasteiger partial charge is 0.217 e. The Balaban J connectivity index is 2.45. The van der Waals surface area contributed by atoms with Crippen LogP contribution in [-0.2, 0) is 4.74 Å². The molecule has 0 fully saturated rings. The monoisotopic (exact) mass is 219 g/mol. The van der Waals surface area contributed by atoms with Gasteiger partial charge in [0.1, 0.15) is 12.4 Å². The lowest BCUT2D eigenvalue weighted by Gasteiger charge is -2.07. The zero-order valence-corrected chi connectivity index (χ0v) is 9.46. The van der Waals surface area contributed by atoms with Gasteiger partial charge >= 0.3 is 0 Å². The first-order chi connectivity index (χ1) is 7.52. The molecular formula is C13H14FNO. The van der Waals surface area contributed by atoms with E-state index in [2.05, 4.69) is 11.6 Å². The lowest BCUT2D eigenvalue weighted by molar-refractivity contribution is 0.279. The molecule has 0 amide bonds. The summed E-state index contributed by atoms with van der Waals surface area (Å²) in [6, 6.07) is 4.51. The molecule has 0 unspecified atom stereocenters. The average molecular weight is 219 g/mol. The van der Waals surface area contributed by atoms with E-state index >= 15 is 0 Å². The normalized spacial score (nSPS) is 17.8. The van der Waals surface area contributed by atoms with E-state index in [4.69, 9.17) is 4.74 Å². The molecule has 0 spiro atoms. The third-order valence-electron chi connectivity index (χ3n) is 2.43. The molecule has 1 aliphatic rings. The van der Waals surface area contributed by atoms with Crippen molar-refractivity contribution in [2.24, 2.45) is 4.99 Å². The SMILES string of the molecule is C=Cc1cc(F)ccc1C1=NC(C)(C)CO1. The number of halogens is 1. The van der Waals surface area contributed by atoms with E-state index < -0.39 is 0 Å². The van der Waals surface area contributed by atoms with Crippen molar-refractivity contribution in [2.45, 2.75) is 19.4 Å². The summed E-state index contributed by atoms with van der Waals surface area (Å²) in [4.78, 5) is 4.45. The van der Waals surface area contributed by atoms with E-state index in [1.165, 1.54) is 12.1 Å². The van der Waals surface area contributed by atoms with Gasteiger partial charge in [-0.05, 0) is 37.6 Å². The van der Waals surface area contributed by atoms with E-state index in [1.54, 1.807) is 12.1 Å². The van der Waals surface area contributed by atoms with E-state index in [0.29, 0.717) is 18.1 Å². The zero-order chi connectivity index (χ0) is 11.8. The highest BCUT2D eigenvalue weighted by Gasteiger charge is 2.27. The summed E-state index contributed by atoms with van der Waals surface area (Å²) in [5.74, 6) is 0.288. The van der Waals surface area contributed by atoms with Crippen molar-refractivity contribution in [1.29, 1.82) is 0 Å². The van der Waals surface area contributed by atoms with Gasteiger partial charge in [0.2, 0.25) is 5.90 Å². The van der Waals surface area contributed by atoms with Gasteiger partial charge < -0.3 is 4.74 Å². The fourth-order valence-corrected chi connectivity index (χ4v) is 1.62. The highest BCUT2D eigenvalue weighted by atomic mass is 19.1. The first kappa shape index (κ1) is 10.9. The molecule has 0 atom stereocenters. The van der Waals surface area contributed by atoms with Crippen molar-refractivity contribution in [2.75, 3.05) is 6.61 Å².